The highest BCUT2D eigenvalue weighted by Crippen LogP contribution is 2.34. The van der Waals surface area contributed by atoms with Gasteiger partial charge in [0.15, 0.2) is 0 Å². The summed E-state index contributed by atoms with van der Waals surface area (Å²) >= 11 is 0. The molecule has 0 atom stereocenters. The summed E-state index contributed by atoms with van der Waals surface area (Å²) in [4.78, 5) is 0. The maximum absolute atomic E-state index is 4.15. The molecule has 1 aliphatic carbocycles. The number of fused-ring (bicyclic) bond motifs is 1. The second kappa shape index (κ2) is 3.99. The van der Waals surface area contributed by atoms with Gasteiger partial charge in [-0.3, -0.25) is 0 Å². The van der Waals surface area contributed by atoms with Crippen molar-refractivity contribution in [1.29, 1.82) is 0 Å². The molecule has 1 aromatic heterocycles. The molecule has 3 rings (SSSR count). The molecule has 1 fully saturated rings. The van der Waals surface area contributed by atoms with E-state index < -0.39 is 0 Å². The lowest BCUT2D eigenvalue weighted by Gasteiger charge is -2.27. The Bertz CT molecular complexity index is 524. The largest absolute Gasteiger partial charge is 0.378 e. The van der Waals surface area contributed by atoms with Gasteiger partial charge < -0.3 is 5.32 Å². The Labute approximate surface area is 101 Å². The summed E-state index contributed by atoms with van der Waals surface area (Å²) in [5.74, 6) is 0. The number of nitrogens with zero attached hydrogens (tertiary/aromatic N) is 2. The van der Waals surface area contributed by atoms with Crippen LogP contribution in [0.25, 0.3) is 10.9 Å². The van der Waals surface area contributed by atoms with Crippen LogP contribution in [-0.2, 0) is 0 Å². The second-order valence-corrected chi connectivity index (χ2v) is 5.17. The Morgan fingerprint density at radius 3 is 2.76 bits per heavy atom. The van der Waals surface area contributed by atoms with Gasteiger partial charge in [-0.2, -0.15) is 10.2 Å². The zero-order chi connectivity index (χ0) is 11.7. The SMILES string of the molecule is CC1(Nc2cnnc3ccccc23)CCCC1. The molecule has 0 bridgehead atoms. The fourth-order valence-electron chi connectivity index (χ4n) is 2.71. The van der Waals surface area contributed by atoms with Crippen molar-refractivity contribution in [2.24, 2.45) is 0 Å². The van der Waals surface area contributed by atoms with Gasteiger partial charge in [-0.05, 0) is 25.8 Å². The Balaban J connectivity index is 2.00. The summed E-state index contributed by atoms with van der Waals surface area (Å²) in [5, 5.41) is 13.0. The molecule has 1 N–H and O–H groups in total. The van der Waals surface area contributed by atoms with E-state index in [4.69, 9.17) is 0 Å². The topological polar surface area (TPSA) is 37.8 Å². The first kappa shape index (κ1) is 10.5. The molecule has 17 heavy (non-hydrogen) atoms. The van der Waals surface area contributed by atoms with Crippen molar-refractivity contribution in [2.75, 3.05) is 5.32 Å². The summed E-state index contributed by atoms with van der Waals surface area (Å²) in [6, 6.07) is 8.15. The highest BCUT2D eigenvalue weighted by Gasteiger charge is 2.28. The minimum absolute atomic E-state index is 0.228. The Morgan fingerprint density at radius 1 is 1.18 bits per heavy atom. The Morgan fingerprint density at radius 2 is 1.94 bits per heavy atom. The standard InChI is InChI=1S/C14H17N3/c1-14(8-4-5-9-14)16-13-10-15-17-12-7-3-2-6-11(12)13/h2-3,6-7,10H,4-5,8-9H2,1H3,(H,16,17). The quantitative estimate of drug-likeness (QED) is 0.854. The van der Waals surface area contributed by atoms with E-state index in [0.29, 0.717) is 0 Å². The maximum atomic E-state index is 4.15. The molecule has 0 spiro atoms. The van der Waals surface area contributed by atoms with Crippen LogP contribution in [0.15, 0.2) is 30.5 Å². The number of nitrogens with one attached hydrogen (secondary N) is 1. The van der Waals surface area contributed by atoms with E-state index >= 15 is 0 Å². The molecule has 1 aromatic carbocycles. The molecule has 0 radical (unpaired) electrons. The van der Waals surface area contributed by atoms with E-state index in [0.717, 1.165) is 16.6 Å². The minimum Gasteiger partial charge on any atom is -0.378 e. The first-order chi connectivity index (χ1) is 8.27. The van der Waals surface area contributed by atoms with Crippen LogP contribution in [0.5, 0.6) is 0 Å². The molecule has 3 heteroatoms. The number of benzene rings is 1. The highest BCUT2D eigenvalue weighted by atomic mass is 15.1. The van der Waals surface area contributed by atoms with Crippen LogP contribution in [0.2, 0.25) is 0 Å². The van der Waals surface area contributed by atoms with Crippen molar-refractivity contribution < 1.29 is 0 Å². The molecule has 0 unspecified atom stereocenters. The van der Waals surface area contributed by atoms with Gasteiger partial charge in [0, 0.05) is 10.9 Å². The van der Waals surface area contributed by atoms with Gasteiger partial charge in [-0.15, -0.1) is 0 Å². The lowest BCUT2D eigenvalue weighted by atomic mass is 10.00. The highest BCUT2D eigenvalue weighted by molar-refractivity contribution is 5.90. The van der Waals surface area contributed by atoms with Crippen LogP contribution in [0, 0.1) is 0 Å². The summed E-state index contributed by atoms with van der Waals surface area (Å²) in [5.41, 5.74) is 2.30. The van der Waals surface area contributed by atoms with Crippen molar-refractivity contribution >= 4 is 16.6 Å². The lowest BCUT2D eigenvalue weighted by molar-refractivity contribution is 0.533. The first-order valence-electron chi connectivity index (χ1n) is 6.25. The number of aromatic nitrogens is 2. The zero-order valence-corrected chi connectivity index (χ0v) is 10.1. The number of hydrogen-bond acceptors (Lipinski definition) is 3. The zero-order valence-electron chi connectivity index (χ0n) is 10.1. The molecular weight excluding hydrogens is 210 g/mol. The Kier molecular flexibility index (Phi) is 2.46. The first-order valence-corrected chi connectivity index (χ1v) is 6.25. The molecule has 2 aromatic rings. The predicted octanol–water partition coefficient (Wildman–Crippen LogP) is 3.37. The normalized spacial score (nSPS) is 18.4. The molecule has 1 aliphatic rings. The third kappa shape index (κ3) is 1.97. The van der Waals surface area contributed by atoms with Gasteiger partial charge in [-0.25, -0.2) is 0 Å². The molecule has 0 aliphatic heterocycles. The summed E-state index contributed by atoms with van der Waals surface area (Å²) in [6.07, 6.45) is 6.96. The minimum atomic E-state index is 0.228. The summed E-state index contributed by atoms with van der Waals surface area (Å²) in [6.45, 7) is 2.30. The van der Waals surface area contributed by atoms with Gasteiger partial charge in [0.25, 0.3) is 0 Å². The third-order valence-corrected chi connectivity index (χ3v) is 3.69. The van der Waals surface area contributed by atoms with Gasteiger partial charge in [0.2, 0.25) is 0 Å². The fraction of sp³-hybridized carbons (Fsp3) is 0.429. The molecule has 3 nitrogen and oxygen atoms in total. The van der Waals surface area contributed by atoms with Crippen LogP contribution in [0.3, 0.4) is 0 Å². The van der Waals surface area contributed by atoms with Crippen molar-refractivity contribution in [3.63, 3.8) is 0 Å². The average Bonchev–Trinajstić information content (AvgIpc) is 2.76. The van der Waals surface area contributed by atoms with Crippen LogP contribution in [0.4, 0.5) is 5.69 Å². The monoisotopic (exact) mass is 227 g/mol. The van der Waals surface area contributed by atoms with Crippen molar-refractivity contribution in [2.45, 2.75) is 38.1 Å². The van der Waals surface area contributed by atoms with Gasteiger partial charge >= 0.3 is 0 Å². The Hall–Kier alpha value is -1.64. The fourth-order valence-corrected chi connectivity index (χ4v) is 2.71. The predicted molar refractivity (Wildman–Crippen MR) is 70.0 cm³/mol. The number of anilines is 1. The number of rotatable bonds is 2. The molecule has 0 saturated heterocycles. The molecule has 88 valence electrons. The molecular formula is C14H17N3. The van der Waals surface area contributed by atoms with Crippen LogP contribution >= 0.6 is 0 Å². The molecule has 1 heterocycles. The van der Waals surface area contributed by atoms with E-state index in [2.05, 4.69) is 28.5 Å². The smallest absolute Gasteiger partial charge is 0.0950 e. The molecule has 1 saturated carbocycles. The average molecular weight is 227 g/mol. The van der Waals surface area contributed by atoms with E-state index in [9.17, 15) is 0 Å². The maximum Gasteiger partial charge on any atom is 0.0950 e. The van der Waals surface area contributed by atoms with Crippen LogP contribution in [0.1, 0.15) is 32.6 Å². The van der Waals surface area contributed by atoms with Crippen LogP contribution in [-0.4, -0.2) is 15.7 Å². The lowest BCUT2D eigenvalue weighted by Crippen LogP contribution is -2.30. The van der Waals surface area contributed by atoms with E-state index in [1.54, 1.807) is 0 Å². The van der Waals surface area contributed by atoms with Gasteiger partial charge in [0.1, 0.15) is 0 Å². The van der Waals surface area contributed by atoms with Crippen molar-refractivity contribution in [3.05, 3.63) is 30.5 Å². The molecule has 0 amide bonds. The number of hydrogen-bond donors (Lipinski definition) is 1. The van der Waals surface area contributed by atoms with E-state index in [-0.39, 0.29) is 5.54 Å². The van der Waals surface area contributed by atoms with Crippen molar-refractivity contribution in [3.8, 4) is 0 Å². The van der Waals surface area contributed by atoms with E-state index in [1.807, 2.05) is 24.4 Å². The third-order valence-electron chi connectivity index (χ3n) is 3.69. The second-order valence-electron chi connectivity index (χ2n) is 5.17. The van der Waals surface area contributed by atoms with Crippen molar-refractivity contribution in [1.82, 2.24) is 10.2 Å². The van der Waals surface area contributed by atoms with Gasteiger partial charge in [0.05, 0.1) is 17.4 Å². The van der Waals surface area contributed by atoms with Gasteiger partial charge in [-0.1, -0.05) is 31.0 Å². The van der Waals surface area contributed by atoms with E-state index in [1.165, 1.54) is 25.7 Å². The van der Waals surface area contributed by atoms with Crippen LogP contribution < -0.4 is 5.32 Å². The summed E-state index contributed by atoms with van der Waals surface area (Å²) in [7, 11) is 0. The summed E-state index contributed by atoms with van der Waals surface area (Å²) < 4.78 is 0.